The summed E-state index contributed by atoms with van der Waals surface area (Å²) in [7, 11) is 0. The van der Waals surface area contributed by atoms with Crippen LogP contribution in [0.25, 0.3) is 0 Å². The fourth-order valence-electron chi connectivity index (χ4n) is 3.84. The summed E-state index contributed by atoms with van der Waals surface area (Å²) in [6.45, 7) is 3.90. The van der Waals surface area contributed by atoms with Crippen molar-refractivity contribution in [3.63, 3.8) is 0 Å². The number of para-hydroxylation sites is 1. The number of amides is 2. The van der Waals surface area contributed by atoms with E-state index in [0.717, 1.165) is 61.1 Å². The molecule has 6 heteroatoms. The van der Waals surface area contributed by atoms with Crippen LogP contribution in [0.1, 0.15) is 38.5 Å². The number of hydrogen-bond donors (Lipinski definition) is 1. The molecule has 1 aromatic carbocycles. The molecule has 0 saturated carbocycles. The molecule has 0 spiro atoms. The van der Waals surface area contributed by atoms with E-state index in [1.54, 1.807) is 0 Å². The zero-order chi connectivity index (χ0) is 18.4. The van der Waals surface area contributed by atoms with E-state index in [1.165, 1.54) is 12.8 Å². The summed E-state index contributed by atoms with van der Waals surface area (Å²) in [4.78, 5) is 29.3. The van der Waals surface area contributed by atoms with E-state index >= 15 is 0 Å². The lowest BCUT2D eigenvalue weighted by Crippen LogP contribution is -2.44. The number of nitrogens with one attached hydrogen (secondary N) is 1. The van der Waals surface area contributed by atoms with Crippen LogP contribution in [0.2, 0.25) is 0 Å². The molecule has 2 amide bonds. The molecule has 1 N–H and O–H groups in total. The monoisotopic (exact) mass is 469 g/mol. The van der Waals surface area contributed by atoms with E-state index < -0.39 is 0 Å². The van der Waals surface area contributed by atoms with Gasteiger partial charge in [-0.15, -0.1) is 0 Å². The summed E-state index contributed by atoms with van der Waals surface area (Å²) in [5, 5.41) is 2.99. The van der Waals surface area contributed by atoms with Gasteiger partial charge in [0.1, 0.15) is 0 Å². The lowest BCUT2D eigenvalue weighted by molar-refractivity contribution is -0.137. The van der Waals surface area contributed by atoms with Crippen molar-refractivity contribution in [2.75, 3.05) is 38.0 Å². The van der Waals surface area contributed by atoms with Gasteiger partial charge in [-0.25, -0.2) is 0 Å². The second kappa shape index (κ2) is 9.69. The van der Waals surface area contributed by atoms with Gasteiger partial charge in [0.15, 0.2) is 0 Å². The van der Waals surface area contributed by atoms with Crippen molar-refractivity contribution in [1.29, 1.82) is 0 Å². The van der Waals surface area contributed by atoms with Gasteiger partial charge in [-0.1, -0.05) is 25.0 Å². The Morgan fingerprint density at radius 2 is 1.65 bits per heavy atom. The maximum atomic E-state index is 12.7. The molecule has 0 atom stereocenters. The topological polar surface area (TPSA) is 52.7 Å². The zero-order valence-electron chi connectivity index (χ0n) is 15.3. The smallest absolute Gasteiger partial charge is 0.238 e. The molecule has 2 saturated heterocycles. The largest absolute Gasteiger partial charge is 0.342 e. The molecule has 1 aromatic rings. The first kappa shape index (κ1) is 19.6. The second-order valence-electron chi connectivity index (χ2n) is 7.32. The van der Waals surface area contributed by atoms with Crippen molar-refractivity contribution in [1.82, 2.24) is 9.80 Å². The molecular formula is C20H28IN3O2. The summed E-state index contributed by atoms with van der Waals surface area (Å²) in [5.74, 6) is 0.503. The van der Waals surface area contributed by atoms with Crippen LogP contribution in [-0.4, -0.2) is 54.3 Å². The van der Waals surface area contributed by atoms with E-state index in [1.807, 2.05) is 24.3 Å². The molecule has 0 bridgehead atoms. The van der Waals surface area contributed by atoms with Crippen LogP contribution in [0.3, 0.4) is 0 Å². The zero-order valence-corrected chi connectivity index (χ0v) is 17.4. The highest BCUT2D eigenvalue weighted by Crippen LogP contribution is 2.22. The van der Waals surface area contributed by atoms with Gasteiger partial charge in [0.2, 0.25) is 11.8 Å². The Kier molecular flexibility index (Phi) is 7.31. The molecule has 26 heavy (non-hydrogen) atoms. The Hall–Kier alpha value is -1.15. The quantitative estimate of drug-likeness (QED) is 0.689. The van der Waals surface area contributed by atoms with E-state index in [9.17, 15) is 9.59 Å². The third-order valence-corrected chi connectivity index (χ3v) is 6.31. The second-order valence-corrected chi connectivity index (χ2v) is 8.48. The first-order valence-electron chi connectivity index (χ1n) is 9.69. The minimum absolute atomic E-state index is 0.0198. The van der Waals surface area contributed by atoms with Crippen LogP contribution < -0.4 is 5.32 Å². The lowest BCUT2D eigenvalue weighted by atomic mass is 9.95. The average molecular weight is 469 g/mol. The maximum absolute atomic E-state index is 12.7. The minimum atomic E-state index is 0.0198. The maximum Gasteiger partial charge on any atom is 0.238 e. The number of carbonyl (C=O) groups is 2. The Bertz CT molecular complexity index is 621. The summed E-state index contributed by atoms with van der Waals surface area (Å²) in [6.07, 6.45) is 6.51. The van der Waals surface area contributed by atoms with Gasteiger partial charge in [0, 0.05) is 22.6 Å². The minimum Gasteiger partial charge on any atom is -0.342 e. The fraction of sp³-hybridized carbons (Fsp3) is 0.600. The molecule has 2 aliphatic heterocycles. The first-order valence-corrected chi connectivity index (χ1v) is 10.8. The van der Waals surface area contributed by atoms with Crippen LogP contribution in [0.4, 0.5) is 5.69 Å². The number of nitrogens with zero attached hydrogens (tertiary/aromatic N) is 2. The molecule has 0 radical (unpaired) electrons. The fourth-order valence-corrected chi connectivity index (χ4v) is 4.36. The molecule has 2 heterocycles. The Morgan fingerprint density at radius 3 is 2.31 bits per heavy atom. The molecular weight excluding hydrogens is 441 g/mol. The number of rotatable bonds is 4. The number of piperidine rings is 1. The van der Waals surface area contributed by atoms with Crippen molar-refractivity contribution in [2.24, 2.45) is 5.92 Å². The molecule has 142 valence electrons. The van der Waals surface area contributed by atoms with Gasteiger partial charge in [0.25, 0.3) is 0 Å². The van der Waals surface area contributed by atoms with E-state index in [-0.39, 0.29) is 11.8 Å². The van der Waals surface area contributed by atoms with Crippen LogP contribution in [0.15, 0.2) is 24.3 Å². The molecule has 2 aliphatic rings. The van der Waals surface area contributed by atoms with Gasteiger partial charge in [-0.3, -0.25) is 14.5 Å². The standard InChI is InChI=1S/C20H28IN3O2/c21-17-7-3-4-8-18(17)22-19(25)15-23-13-9-16(10-14-23)20(26)24-11-5-1-2-6-12-24/h3-4,7-8,16H,1-2,5-6,9-15H2,(H,22,25). The van der Waals surface area contributed by atoms with Gasteiger partial charge in [-0.2, -0.15) is 0 Å². The van der Waals surface area contributed by atoms with Gasteiger partial charge >= 0.3 is 0 Å². The third-order valence-electron chi connectivity index (χ3n) is 5.37. The summed E-state index contributed by atoms with van der Waals surface area (Å²) < 4.78 is 1.04. The molecule has 5 nitrogen and oxygen atoms in total. The molecule has 3 rings (SSSR count). The van der Waals surface area contributed by atoms with Crippen LogP contribution in [0.5, 0.6) is 0 Å². The Morgan fingerprint density at radius 1 is 1.00 bits per heavy atom. The van der Waals surface area contributed by atoms with Gasteiger partial charge < -0.3 is 10.2 Å². The Labute approximate surface area is 169 Å². The van der Waals surface area contributed by atoms with Gasteiger partial charge in [-0.05, 0) is 73.5 Å². The van der Waals surface area contributed by atoms with E-state index in [0.29, 0.717) is 12.5 Å². The lowest BCUT2D eigenvalue weighted by Gasteiger charge is -2.33. The Balaban J connectivity index is 1.44. The molecule has 0 aromatic heterocycles. The van der Waals surface area contributed by atoms with Crippen molar-refractivity contribution in [2.45, 2.75) is 38.5 Å². The predicted octanol–water partition coefficient (Wildman–Crippen LogP) is 3.34. The van der Waals surface area contributed by atoms with Crippen molar-refractivity contribution < 1.29 is 9.59 Å². The third kappa shape index (κ3) is 5.42. The number of hydrogen-bond acceptors (Lipinski definition) is 3. The average Bonchev–Trinajstić information content (AvgIpc) is 2.93. The van der Waals surface area contributed by atoms with Crippen molar-refractivity contribution in [3.8, 4) is 0 Å². The summed E-state index contributed by atoms with van der Waals surface area (Å²) >= 11 is 2.23. The number of benzene rings is 1. The summed E-state index contributed by atoms with van der Waals surface area (Å²) in [5.41, 5.74) is 0.865. The number of anilines is 1. The number of halogens is 1. The molecule has 2 fully saturated rings. The van der Waals surface area contributed by atoms with E-state index in [4.69, 9.17) is 0 Å². The number of carbonyl (C=O) groups excluding carboxylic acids is 2. The normalized spacial score (nSPS) is 19.8. The van der Waals surface area contributed by atoms with Crippen molar-refractivity contribution >= 4 is 40.1 Å². The highest BCUT2D eigenvalue weighted by Gasteiger charge is 2.29. The van der Waals surface area contributed by atoms with E-state index in [2.05, 4.69) is 37.7 Å². The van der Waals surface area contributed by atoms with Crippen LogP contribution in [0, 0.1) is 9.49 Å². The summed E-state index contributed by atoms with van der Waals surface area (Å²) in [6, 6.07) is 7.79. The predicted molar refractivity (Wildman–Crippen MR) is 112 cm³/mol. The first-order chi connectivity index (χ1) is 12.6. The van der Waals surface area contributed by atoms with Gasteiger partial charge in [0.05, 0.1) is 12.2 Å². The SMILES string of the molecule is O=C(CN1CCC(C(=O)N2CCCCCC2)CC1)Nc1ccccc1I. The molecule has 0 unspecified atom stereocenters. The van der Waals surface area contributed by atoms with Crippen LogP contribution >= 0.6 is 22.6 Å². The highest BCUT2D eigenvalue weighted by molar-refractivity contribution is 14.1. The molecule has 0 aliphatic carbocycles. The van der Waals surface area contributed by atoms with Crippen LogP contribution in [-0.2, 0) is 9.59 Å². The highest BCUT2D eigenvalue weighted by atomic mass is 127. The van der Waals surface area contributed by atoms with Crippen molar-refractivity contribution in [3.05, 3.63) is 27.8 Å². The number of likely N-dealkylation sites (tertiary alicyclic amines) is 2.